The molecule has 0 spiro atoms. The van der Waals surface area contributed by atoms with Gasteiger partial charge in [0, 0.05) is 35.7 Å². The zero-order valence-corrected chi connectivity index (χ0v) is 19.2. The molecule has 1 aromatic heterocycles. The number of halogens is 2. The highest BCUT2D eigenvalue weighted by atomic mass is 79.9. The van der Waals surface area contributed by atoms with Crippen molar-refractivity contribution in [2.24, 2.45) is 5.92 Å². The van der Waals surface area contributed by atoms with E-state index in [4.69, 9.17) is 4.74 Å². The van der Waals surface area contributed by atoms with E-state index in [0.717, 1.165) is 0 Å². The summed E-state index contributed by atoms with van der Waals surface area (Å²) in [5, 5.41) is 9.65. The van der Waals surface area contributed by atoms with Gasteiger partial charge in [-0.05, 0) is 47.1 Å². The van der Waals surface area contributed by atoms with Crippen LogP contribution in [0.1, 0.15) is 34.6 Å². The molecule has 1 aromatic carbocycles. The molecule has 0 saturated heterocycles. The molecule has 1 N–H and O–H groups in total. The van der Waals surface area contributed by atoms with Crippen LogP contribution in [-0.2, 0) is 0 Å². The van der Waals surface area contributed by atoms with Gasteiger partial charge in [0.05, 0.1) is 19.2 Å². The van der Waals surface area contributed by atoms with E-state index < -0.39 is 18.0 Å². The topological polar surface area (TPSA) is 83.0 Å². The van der Waals surface area contributed by atoms with Gasteiger partial charge in [0.25, 0.3) is 11.8 Å². The summed E-state index contributed by atoms with van der Waals surface area (Å²) in [5.41, 5.74) is 0.528. The number of carbonyl (C=O) groups is 2. The van der Waals surface area contributed by atoms with E-state index in [0.29, 0.717) is 11.0 Å². The number of hydrogen-bond acceptors (Lipinski definition) is 5. The Labute approximate surface area is 189 Å². The highest BCUT2D eigenvalue weighted by molar-refractivity contribution is 9.10. The molecule has 3 rings (SSSR count). The number of likely N-dealkylation sites (N-methyl/N-ethyl adjacent to an activating group) is 1. The first-order valence-corrected chi connectivity index (χ1v) is 10.8. The molecule has 166 valence electrons. The smallest absolute Gasteiger partial charge is 0.259 e. The molecule has 2 amide bonds. The lowest BCUT2D eigenvalue weighted by atomic mass is 10.00. The SMILES string of the molecule is C[C@@H]1CN([C@@H](C)CO)C(=O)c2cc(Br)cnc2O[C@H]1CN(C)C(=O)c1cccc(F)c1. The van der Waals surface area contributed by atoms with E-state index in [2.05, 4.69) is 20.9 Å². The minimum Gasteiger partial charge on any atom is -0.472 e. The number of benzene rings is 1. The normalized spacial score (nSPS) is 19.7. The van der Waals surface area contributed by atoms with Gasteiger partial charge in [-0.2, -0.15) is 0 Å². The molecule has 0 fully saturated rings. The summed E-state index contributed by atoms with van der Waals surface area (Å²) in [7, 11) is 1.62. The summed E-state index contributed by atoms with van der Waals surface area (Å²) in [6, 6.07) is 6.76. The van der Waals surface area contributed by atoms with Crippen molar-refractivity contribution < 1.29 is 23.8 Å². The number of aromatic nitrogens is 1. The van der Waals surface area contributed by atoms with Crippen LogP contribution in [0.4, 0.5) is 4.39 Å². The second-order valence-corrected chi connectivity index (χ2v) is 8.74. The van der Waals surface area contributed by atoms with E-state index in [1.807, 2.05) is 6.92 Å². The number of aliphatic hydroxyl groups excluding tert-OH is 1. The van der Waals surface area contributed by atoms with Crippen LogP contribution in [0.2, 0.25) is 0 Å². The summed E-state index contributed by atoms with van der Waals surface area (Å²) in [6.45, 7) is 4.05. The monoisotopic (exact) mass is 493 g/mol. The maximum atomic E-state index is 13.5. The van der Waals surface area contributed by atoms with Gasteiger partial charge < -0.3 is 19.6 Å². The second-order valence-electron chi connectivity index (χ2n) is 7.82. The highest BCUT2D eigenvalue weighted by Gasteiger charge is 2.34. The average molecular weight is 494 g/mol. The Morgan fingerprint density at radius 2 is 2.19 bits per heavy atom. The van der Waals surface area contributed by atoms with Crippen molar-refractivity contribution in [2.75, 3.05) is 26.7 Å². The molecule has 31 heavy (non-hydrogen) atoms. The zero-order valence-electron chi connectivity index (χ0n) is 17.6. The minimum atomic E-state index is -0.481. The molecule has 0 unspecified atom stereocenters. The fraction of sp³-hybridized carbons (Fsp3) is 0.409. The van der Waals surface area contributed by atoms with E-state index in [9.17, 15) is 19.1 Å². The summed E-state index contributed by atoms with van der Waals surface area (Å²) >= 11 is 3.33. The first-order chi connectivity index (χ1) is 14.7. The molecule has 1 aliphatic heterocycles. The summed E-state index contributed by atoms with van der Waals surface area (Å²) < 4.78 is 20.3. The van der Waals surface area contributed by atoms with E-state index >= 15 is 0 Å². The van der Waals surface area contributed by atoms with Crippen molar-refractivity contribution in [1.82, 2.24) is 14.8 Å². The number of aliphatic hydroxyl groups is 1. The molecule has 3 atom stereocenters. The Morgan fingerprint density at radius 1 is 1.45 bits per heavy atom. The summed E-state index contributed by atoms with van der Waals surface area (Å²) in [5.74, 6) is -1.09. The van der Waals surface area contributed by atoms with Gasteiger partial charge in [-0.3, -0.25) is 9.59 Å². The van der Waals surface area contributed by atoms with Crippen LogP contribution in [0, 0.1) is 11.7 Å². The van der Waals surface area contributed by atoms with E-state index in [1.165, 1.54) is 29.3 Å². The van der Waals surface area contributed by atoms with Crippen LogP contribution in [0.5, 0.6) is 5.88 Å². The molecule has 0 saturated carbocycles. The Hall–Kier alpha value is -2.52. The summed E-state index contributed by atoms with van der Waals surface area (Å²) in [4.78, 5) is 33.2. The third kappa shape index (κ3) is 5.22. The van der Waals surface area contributed by atoms with Gasteiger partial charge in [-0.15, -0.1) is 0 Å². The number of ether oxygens (including phenoxy) is 1. The third-order valence-electron chi connectivity index (χ3n) is 5.36. The number of rotatable bonds is 5. The number of pyridine rings is 1. The van der Waals surface area contributed by atoms with Crippen molar-refractivity contribution >= 4 is 27.7 Å². The zero-order chi connectivity index (χ0) is 22.7. The standard InChI is InChI=1S/C22H25BrFN3O4/c1-13-10-27(14(2)12-28)22(30)18-8-16(23)9-25-20(18)31-19(13)11-26(3)21(29)15-5-4-6-17(24)7-15/h4-9,13-14,19,28H,10-12H2,1-3H3/t13-,14+,19+/m1/s1. The van der Waals surface area contributed by atoms with Crippen LogP contribution >= 0.6 is 15.9 Å². The third-order valence-corrected chi connectivity index (χ3v) is 5.79. The maximum absolute atomic E-state index is 13.5. The average Bonchev–Trinajstić information content (AvgIpc) is 2.75. The molecule has 0 radical (unpaired) electrons. The quantitative estimate of drug-likeness (QED) is 0.692. The molecule has 0 aliphatic carbocycles. The van der Waals surface area contributed by atoms with Crippen LogP contribution in [0.15, 0.2) is 41.0 Å². The molecule has 1 aliphatic rings. The molecule has 2 aromatic rings. The largest absolute Gasteiger partial charge is 0.472 e. The molecule has 7 nitrogen and oxygen atoms in total. The molecule has 9 heteroatoms. The number of hydrogen-bond donors (Lipinski definition) is 1. The second kappa shape index (κ2) is 9.74. The van der Waals surface area contributed by atoms with E-state index in [1.54, 1.807) is 31.0 Å². The van der Waals surface area contributed by atoms with E-state index in [-0.39, 0.29) is 47.9 Å². The fourth-order valence-electron chi connectivity index (χ4n) is 3.49. The predicted octanol–water partition coefficient (Wildman–Crippen LogP) is 2.98. The Bertz CT molecular complexity index is 974. The molecule has 0 bridgehead atoms. The molecule has 2 heterocycles. The molecular formula is C22H25BrFN3O4. The number of amides is 2. The first kappa shape index (κ1) is 23.1. The van der Waals surface area contributed by atoms with Crippen molar-refractivity contribution in [1.29, 1.82) is 0 Å². The number of carbonyl (C=O) groups excluding carboxylic acids is 2. The van der Waals surface area contributed by atoms with Crippen LogP contribution in [0.3, 0.4) is 0 Å². The molecular weight excluding hydrogens is 469 g/mol. The Kier molecular flexibility index (Phi) is 7.27. The lowest BCUT2D eigenvalue weighted by molar-refractivity contribution is 0.0313. The van der Waals surface area contributed by atoms with Gasteiger partial charge in [0.2, 0.25) is 5.88 Å². The lowest BCUT2D eigenvalue weighted by Gasteiger charge is -2.37. The van der Waals surface area contributed by atoms with Crippen molar-refractivity contribution in [3.63, 3.8) is 0 Å². The van der Waals surface area contributed by atoms with Gasteiger partial charge in [-0.1, -0.05) is 13.0 Å². The van der Waals surface area contributed by atoms with Crippen molar-refractivity contribution in [2.45, 2.75) is 26.0 Å². The fourth-order valence-corrected chi connectivity index (χ4v) is 3.82. The van der Waals surface area contributed by atoms with Crippen LogP contribution in [-0.4, -0.2) is 70.6 Å². The first-order valence-electron chi connectivity index (χ1n) is 9.96. The lowest BCUT2D eigenvalue weighted by Crippen LogP contribution is -2.50. The highest BCUT2D eigenvalue weighted by Crippen LogP contribution is 2.28. The maximum Gasteiger partial charge on any atom is 0.259 e. The van der Waals surface area contributed by atoms with Crippen LogP contribution < -0.4 is 4.74 Å². The minimum absolute atomic E-state index is 0.167. The Morgan fingerprint density at radius 3 is 2.87 bits per heavy atom. The van der Waals surface area contributed by atoms with Gasteiger partial charge in [0.15, 0.2) is 0 Å². The van der Waals surface area contributed by atoms with Gasteiger partial charge in [-0.25, -0.2) is 9.37 Å². The Balaban J connectivity index is 1.90. The predicted molar refractivity (Wildman–Crippen MR) is 116 cm³/mol. The van der Waals surface area contributed by atoms with Crippen molar-refractivity contribution in [3.05, 3.63) is 57.9 Å². The van der Waals surface area contributed by atoms with Gasteiger partial charge in [0.1, 0.15) is 17.5 Å². The van der Waals surface area contributed by atoms with Crippen molar-refractivity contribution in [3.8, 4) is 5.88 Å². The summed E-state index contributed by atoms with van der Waals surface area (Å²) in [6.07, 6.45) is 1.06. The van der Waals surface area contributed by atoms with Crippen LogP contribution in [0.25, 0.3) is 0 Å². The van der Waals surface area contributed by atoms with Gasteiger partial charge >= 0.3 is 0 Å². The number of fused-ring (bicyclic) bond motifs is 1. The number of nitrogens with zero attached hydrogens (tertiary/aromatic N) is 3.